The second-order valence-electron chi connectivity index (χ2n) is 11.7. The van der Waals surface area contributed by atoms with Crippen molar-refractivity contribution in [2.45, 2.75) is 61.0 Å². The van der Waals surface area contributed by atoms with Crippen molar-refractivity contribution in [2.75, 3.05) is 11.1 Å². The number of H-pyrrole nitrogens is 1. The van der Waals surface area contributed by atoms with Gasteiger partial charge in [-0.05, 0) is 54.3 Å². The molecule has 4 atom stereocenters. The number of carbonyl (C=O) groups is 1. The van der Waals surface area contributed by atoms with Gasteiger partial charge in [0.05, 0.1) is 23.7 Å². The van der Waals surface area contributed by atoms with Crippen molar-refractivity contribution >= 4 is 33.4 Å². The molecule has 49 heavy (non-hydrogen) atoms. The number of hydrogen-bond acceptors (Lipinski definition) is 9. The summed E-state index contributed by atoms with van der Waals surface area (Å²) in [5.41, 5.74) is 4.64. The van der Waals surface area contributed by atoms with E-state index in [1.165, 1.54) is 30.2 Å². The molecule has 13 heteroatoms. The molecule has 0 spiro atoms. The van der Waals surface area contributed by atoms with Crippen LogP contribution in [0, 0.1) is 6.92 Å². The number of amides is 1. The molecule has 1 aromatic heterocycles. The fourth-order valence-corrected chi connectivity index (χ4v) is 7.45. The number of aliphatic hydroxyl groups is 1. The smallest absolute Gasteiger partial charge is 0.242 e. The number of sulfonamides is 1. The van der Waals surface area contributed by atoms with Crippen molar-refractivity contribution in [1.82, 2.24) is 19.9 Å². The Balaban J connectivity index is 1.21. The molecule has 2 heterocycles. The normalized spacial score (nSPS) is 18.5. The van der Waals surface area contributed by atoms with Crippen LogP contribution in [0.2, 0.25) is 0 Å². The van der Waals surface area contributed by atoms with Gasteiger partial charge in [-0.15, -0.1) is 0 Å². The van der Waals surface area contributed by atoms with E-state index < -0.39 is 28.3 Å². The summed E-state index contributed by atoms with van der Waals surface area (Å²) in [5, 5.41) is 19.9. The predicted octanol–water partition coefficient (Wildman–Crippen LogP) is 5.47. The first-order chi connectivity index (χ1) is 23.8. The molecule has 0 saturated carbocycles. The Labute approximate surface area is 289 Å². The fourth-order valence-electron chi connectivity index (χ4n) is 5.46. The number of aliphatic hydroxyl groups excluding tert-OH is 1. The van der Waals surface area contributed by atoms with Crippen molar-refractivity contribution in [3.05, 3.63) is 137 Å². The number of aromatic nitrogens is 3. The van der Waals surface area contributed by atoms with E-state index in [4.69, 9.17) is 9.47 Å². The lowest BCUT2D eigenvalue weighted by molar-refractivity contribution is -0.245. The highest BCUT2D eigenvalue weighted by molar-refractivity contribution is 7.99. The van der Waals surface area contributed by atoms with Crippen LogP contribution in [-0.4, -0.2) is 52.5 Å². The van der Waals surface area contributed by atoms with Gasteiger partial charge in [-0.25, -0.2) is 13.4 Å². The van der Waals surface area contributed by atoms with Crippen LogP contribution in [0.4, 0.5) is 5.69 Å². The van der Waals surface area contributed by atoms with Crippen molar-refractivity contribution in [3.63, 3.8) is 0 Å². The van der Waals surface area contributed by atoms with Crippen molar-refractivity contribution in [2.24, 2.45) is 0 Å². The van der Waals surface area contributed by atoms with E-state index in [0.29, 0.717) is 28.6 Å². The maximum atomic E-state index is 13.8. The average Bonchev–Trinajstić information content (AvgIpc) is 3.65. The van der Waals surface area contributed by atoms with Crippen LogP contribution in [0.1, 0.15) is 46.6 Å². The third-order valence-electron chi connectivity index (χ3n) is 8.07. The number of benzene rings is 4. The molecule has 4 N–H and O–H groups in total. The summed E-state index contributed by atoms with van der Waals surface area (Å²) in [5.74, 6) is 0.0873. The number of nitrogens with zero attached hydrogens (tertiary/aromatic N) is 2. The van der Waals surface area contributed by atoms with Gasteiger partial charge in [-0.1, -0.05) is 96.2 Å². The van der Waals surface area contributed by atoms with Crippen LogP contribution in [0.25, 0.3) is 0 Å². The van der Waals surface area contributed by atoms with Crippen molar-refractivity contribution in [1.29, 1.82) is 0 Å². The molecule has 4 aromatic carbocycles. The molecule has 6 rings (SSSR count). The van der Waals surface area contributed by atoms with E-state index in [-0.39, 0.29) is 30.1 Å². The van der Waals surface area contributed by atoms with E-state index in [1.807, 2.05) is 67.6 Å². The quantitative estimate of drug-likeness (QED) is 0.117. The minimum Gasteiger partial charge on any atom is -0.392 e. The molecule has 1 fully saturated rings. The van der Waals surface area contributed by atoms with Gasteiger partial charge in [-0.2, -0.15) is 9.82 Å². The van der Waals surface area contributed by atoms with Crippen LogP contribution in [0.15, 0.2) is 120 Å². The molecular formula is C36H37N5O6S2. The molecule has 254 valence electrons. The summed E-state index contributed by atoms with van der Waals surface area (Å²) in [7, 11) is -4.00. The second kappa shape index (κ2) is 15.9. The summed E-state index contributed by atoms with van der Waals surface area (Å²) < 4.78 is 42.2. The van der Waals surface area contributed by atoms with E-state index in [0.717, 1.165) is 22.3 Å². The molecule has 1 saturated heterocycles. The van der Waals surface area contributed by atoms with E-state index in [1.54, 1.807) is 30.3 Å². The highest BCUT2D eigenvalue weighted by Gasteiger charge is 2.33. The molecule has 0 unspecified atom stereocenters. The largest absolute Gasteiger partial charge is 0.392 e. The minimum atomic E-state index is -4.00. The first kappa shape index (κ1) is 34.5. The standard InChI is InChI=1S/C36H37N5O6S2/c1-24-10-16-31(17-11-24)49(44,45)41-32(18-25-6-3-2-4-7-25)34(43)39-29-9-5-8-28(19-29)35-46-30(22-48-36-37-23-38-40-36)20-33(47-35)27-14-12-26(21-42)13-15-27/h2-17,19,23,30,32-33,35,41-42H,18,20-22H2,1H3,(H,39,43)(H,37,38,40)/t30-,32-,33+,35+/m1/s1. The molecule has 1 aliphatic heterocycles. The van der Waals surface area contributed by atoms with Crippen molar-refractivity contribution < 1.29 is 27.8 Å². The highest BCUT2D eigenvalue weighted by atomic mass is 32.2. The topological polar surface area (TPSA) is 156 Å². The number of hydrogen-bond donors (Lipinski definition) is 4. The lowest BCUT2D eigenvalue weighted by Crippen LogP contribution is -2.45. The van der Waals surface area contributed by atoms with E-state index in [9.17, 15) is 18.3 Å². The van der Waals surface area contributed by atoms with E-state index in [2.05, 4.69) is 25.2 Å². The maximum absolute atomic E-state index is 13.8. The number of thioether (sulfide) groups is 1. The highest BCUT2D eigenvalue weighted by Crippen LogP contribution is 2.39. The van der Waals surface area contributed by atoms with Gasteiger partial charge < -0.3 is 19.9 Å². The lowest BCUT2D eigenvalue weighted by Gasteiger charge is -2.36. The molecule has 0 aliphatic carbocycles. The lowest BCUT2D eigenvalue weighted by atomic mass is 10.0. The van der Waals surface area contributed by atoms with Crippen molar-refractivity contribution in [3.8, 4) is 0 Å². The fraction of sp³-hybridized carbons (Fsp3) is 0.250. The average molecular weight is 700 g/mol. The SMILES string of the molecule is Cc1ccc(S(=O)(=O)N[C@H](Cc2ccccc2)C(=O)Nc2cccc([C@H]3O[C@@H](CSc4ncn[nH]4)C[C@@H](c4ccc(CO)cc4)O3)c2)cc1. The second-order valence-corrected chi connectivity index (χ2v) is 14.5. The summed E-state index contributed by atoms with van der Waals surface area (Å²) in [6, 6.07) is 29.4. The Kier molecular flexibility index (Phi) is 11.2. The monoisotopic (exact) mass is 699 g/mol. The number of ether oxygens (including phenoxy) is 2. The number of rotatable bonds is 13. The number of anilines is 1. The zero-order valence-corrected chi connectivity index (χ0v) is 28.4. The van der Waals surface area contributed by atoms with Gasteiger partial charge in [0.2, 0.25) is 15.9 Å². The molecule has 1 amide bonds. The number of nitrogens with one attached hydrogen (secondary N) is 3. The molecule has 0 radical (unpaired) electrons. The van der Waals surface area contributed by atoms with Crippen LogP contribution < -0.4 is 10.0 Å². The Hall–Kier alpha value is -4.37. The minimum absolute atomic E-state index is 0.0495. The van der Waals surface area contributed by atoms with Gasteiger partial charge in [0.25, 0.3) is 0 Å². The Morgan fingerprint density at radius 3 is 2.45 bits per heavy atom. The molecule has 0 bridgehead atoms. The third kappa shape index (κ3) is 9.21. The summed E-state index contributed by atoms with van der Waals surface area (Å²) in [4.78, 5) is 18.0. The van der Waals surface area contributed by atoms with Gasteiger partial charge in [-0.3, -0.25) is 9.89 Å². The number of aryl methyl sites for hydroxylation is 1. The number of carbonyl (C=O) groups excluding carboxylic acids is 1. The molecular weight excluding hydrogens is 663 g/mol. The van der Waals surface area contributed by atoms with Crippen LogP contribution >= 0.6 is 11.8 Å². The maximum Gasteiger partial charge on any atom is 0.242 e. The first-order valence-corrected chi connectivity index (χ1v) is 18.2. The summed E-state index contributed by atoms with van der Waals surface area (Å²) in [6.07, 6.45) is 0.938. The third-order valence-corrected chi connectivity index (χ3v) is 10.6. The predicted molar refractivity (Wildman–Crippen MR) is 186 cm³/mol. The Morgan fingerprint density at radius 2 is 1.73 bits per heavy atom. The molecule has 1 aliphatic rings. The van der Waals surface area contributed by atoms with Gasteiger partial charge in [0.1, 0.15) is 12.4 Å². The summed E-state index contributed by atoms with van der Waals surface area (Å²) in [6.45, 7) is 1.83. The van der Waals surface area contributed by atoms with Gasteiger partial charge >= 0.3 is 0 Å². The zero-order valence-electron chi connectivity index (χ0n) is 26.7. The zero-order chi connectivity index (χ0) is 34.2. The van der Waals surface area contributed by atoms with Crippen LogP contribution in [-0.2, 0) is 37.3 Å². The van der Waals surface area contributed by atoms with Crippen LogP contribution in [0.3, 0.4) is 0 Å². The molecule has 11 nitrogen and oxygen atoms in total. The van der Waals surface area contributed by atoms with E-state index >= 15 is 0 Å². The first-order valence-electron chi connectivity index (χ1n) is 15.8. The Bertz CT molecular complexity index is 1930. The van der Waals surface area contributed by atoms with Gasteiger partial charge in [0, 0.05) is 23.4 Å². The Morgan fingerprint density at radius 1 is 0.959 bits per heavy atom. The number of aromatic amines is 1. The summed E-state index contributed by atoms with van der Waals surface area (Å²) >= 11 is 1.50. The molecule has 5 aromatic rings. The van der Waals surface area contributed by atoms with Gasteiger partial charge in [0.15, 0.2) is 11.4 Å². The van der Waals surface area contributed by atoms with Crippen LogP contribution in [0.5, 0.6) is 0 Å².